The molecule has 0 aliphatic heterocycles. The van der Waals surface area contributed by atoms with E-state index in [1.807, 2.05) is 0 Å². The minimum atomic E-state index is -2.16. The zero-order valence-corrected chi connectivity index (χ0v) is 11.8. The first-order chi connectivity index (χ1) is 10.0. The van der Waals surface area contributed by atoms with Gasteiger partial charge in [-0.1, -0.05) is 6.07 Å². The maximum atomic E-state index is 13.3. The van der Waals surface area contributed by atoms with Crippen LogP contribution in [0.15, 0.2) is 47.4 Å². The van der Waals surface area contributed by atoms with Crippen molar-refractivity contribution in [3.05, 3.63) is 53.8 Å². The Bertz CT molecular complexity index is 705. The van der Waals surface area contributed by atoms with E-state index in [-0.39, 0.29) is 16.2 Å². The summed E-state index contributed by atoms with van der Waals surface area (Å²) < 4.78 is 38.1. The third-order valence-corrected chi connectivity index (χ3v) is 3.36. The Morgan fingerprint density at radius 3 is 2.71 bits per heavy atom. The van der Waals surface area contributed by atoms with Crippen molar-refractivity contribution in [2.24, 2.45) is 0 Å². The molecule has 0 heterocycles. The maximum absolute atomic E-state index is 13.3. The molecule has 0 aromatic heterocycles. The highest BCUT2D eigenvalue weighted by Crippen LogP contribution is 2.22. The Hall–Kier alpha value is -2.25. The third kappa shape index (κ3) is 3.65. The molecular weight excluding hydrogens is 297 g/mol. The van der Waals surface area contributed by atoms with E-state index in [0.717, 1.165) is 0 Å². The van der Waals surface area contributed by atoms with E-state index in [1.54, 1.807) is 0 Å². The fourth-order valence-electron chi connectivity index (χ4n) is 1.69. The monoisotopic (exact) mass is 309 g/mol. The van der Waals surface area contributed by atoms with Gasteiger partial charge in [-0.05, 0) is 30.3 Å². The van der Waals surface area contributed by atoms with Crippen LogP contribution in [0.5, 0.6) is 5.75 Å². The molecular formula is C14H12FNO4S. The van der Waals surface area contributed by atoms with E-state index in [1.165, 1.54) is 49.6 Å². The Labute approximate surface area is 123 Å². The molecule has 0 radical (unpaired) electrons. The number of carbonyl (C=O) groups is 1. The average Bonchev–Trinajstić information content (AvgIpc) is 2.49. The predicted octanol–water partition coefficient (Wildman–Crippen LogP) is 2.67. The molecule has 0 fully saturated rings. The molecule has 1 atom stereocenters. The number of nitrogens with one attached hydrogen (secondary N) is 1. The smallest absolute Gasteiger partial charge is 0.255 e. The Morgan fingerprint density at radius 2 is 2.05 bits per heavy atom. The van der Waals surface area contributed by atoms with Crippen molar-refractivity contribution < 1.29 is 22.7 Å². The molecule has 0 aliphatic carbocycles. The van der Waals surface area contributed by atoms with Gasteiger partial charge in [-0.15, -0.1) is 0 Å². The van der Waals surface area contributed by atoms with Gasteiger partial charge in [-0.2, -0.15) is 0 Å². The van der Waals surface area contributed by atoms with Gasteiger partial charge in [0.05, 0.1) is 12.0 Å². The standard InChI is InChI=1S/C14H12FNO4S/c1-20-13-8-10(5-6-12(13)15)16-14(17)9-3-2-4-11(7-9)21(18)19/h2-8H,1H3,(H,16,17)(H,18,19). The van der Waals surface area contributed by atoms with Gasteiger partial charge >= 0.3 is 0 Å². The zero-order valence-electron chi connectivity index (χ0n) is 11.0. The summed E-state index contributed by atoms with van der Waals surface area (Å²) >= 11 is -2.16. The van der Waals surface area contributed by atoms with Crippen molar-refractivity contribution >= 4 is 22.7 Å². The van der Waals surface area contributed by atoms with Gasteiger partial charge in [0.2, 0.25) is 0 Å². The normalized spacial score (nSPS) is 11.8. The molecule has 0 saturated heterocycles. The van der Waals surface area contributed by atoms with E-state index < -0.39 is 22.8 Å². The number of rotatable bonds is 4. The number of ether oxygens (including phenoxy) is 1. The highest BCUT2D eigenvalue weighted by molar-refractivity contribution is 7.79. The van der Waals surface area contributed by atoms with Crippen LogP contribution in [0.1, 0.15) is 10.4 Å². The largest absolute Gasteiger partial charge is 0.494 e. The summed E-state index contributed by atoms with van der Waals surface area (Å²) in [7, 11) is 1.32. The van der Waals surface area contributed by atoms with Crippen LogP contribution in [0, 0.1) is 5.82 Å². The molecule has 2 N–H and O–H groups in total. The number of anilines is 1. The molecule has 110 valence electrons. The molecule has 1 unspecified atom stereocenters. The fraction of sp³-hybridized carbons (Fsp3) is 0.0714. The molecule has 7 heteroatoms. The Morgan fingerprint density at radius 1 is 1.29 bits per heavy atom. The lowest BCUT2D eigenvalue weighted by Crippen LogP contribution is -2.12. The van der Waals surface area contributed by atoms with Gasteiger partial charge < -0.3 is 14.6 Å². The van der Waals surface area contributed by atoms with Gasteiger partial charge in [0.15, 0.2) is 22.6 Å². The van der Waals surface area contributed by atoms with Crippen molar-refractivity contribution in [3.8, 4) is 5.75 Å². The summed E-state index contributed by atoms with van der Waals surface area (Å²) in [6.45, 7) is 0. The molecule has 1 amide bonds. The number of carbonyl (C=O) groups excluding carboxylic acids is 1. The van der Waals surface area contributed by atoms with Crippen LogP contribution in [-0.2, 0) is 11.1 Å². The summed E-state index contributed by atoms with van der Waals surface area (Å²) in [5.41, 5.74) is 0.576. The molecule has 21 heavy (non-hydrogen) atoms. The van der Waals surface area contributed by atoms with Crippen molar-refractivity contribution in [2.45, 2.75) is 4.90 Å². The number of benzene rings is 2. The first kappa shape index (κ1) is 15.1. The van der Waals surface area contributed by atoms with Crippen molar-refractivity contribution in [1.82, 2.24) is 0 Å². The van der Waals surface area contributed by atoms with Gasteiger partial charge in [0.1, 0.15) is 0 Å². The lowest BCUT2D eigenvalue weighted by molar-refractivity contribution is 0.102. The molecule has 2 aromatic rings. The van der Waals surface area contributed by atoms with Crippen LogP contribution in [0.25, 0.3) is 0 Å². The van der Waals surface area contributed by atoms with Crippen LogP contribution < -0.4 is 10.1 Å². The first-order valence-electron chi connectivity index (χ1n) is 5.87. The zero-order chi connectivity index (χ0) is 15.4. The lowest BCUT2D eigenvalue weighted by Gasteiger charge is -2.08. The topological polar surface area (TPSA) is 75.6 Å². The molecule has 2 aromatic carbocycles. The van der Waals surface area contributed by atoms with Gasteiger partial charge in [0.25, 0.3) is 5.91 Å². The predicted molar refractivity (Wildman–Crippen MR) is 76.4 cm³/mol. The van der Waals surface area contributed by atoms with Crippen LogP contribution in [0.4, 0.5) is 10.1 Å². The second-order valence-electron chi connectivity index (χ2n) is 4.08. The van der Waals surface area contributed by atoms with E-state index in [9.17, 15) is 13.4 Å². The third-order valence-electron chi connectivity index (χ3n) is 2.71. The second kappa shape index (κ2) is 6.47. The van der Waals surface area contributed by atoms with Gasteiger partial charge in [0, 0.05) is 17.3 Å². The van der Waals surface area contributed by atoms with Crippen molar-refractivity contribution in [1.29, 1.82) is 0 Å². The fourth-order valence-corrected chi connectivity index (χ4v) is 2.11. The molecule has 0 spiro atoms. The van der Waals surface area contributed by atoms with E-state index >= 15 is 0 Å². The molecule has 0 bridgehead atoms. The maximum Gasteiger partial charge on any atom is 0.255 e. The number of amides is 1. The minimum Gasteiger partial charge on any atom is -0.494 e. The number of methoxy groups -OCH3 is 1. The Balaban J connectivity index is 2.22. The van der Waals surface area contributed by atoms with Crippen LogP contribution >= 0.6 is 0 Å². The Kier molecular flexibility index (Phi) is 4.66. The van der Waals surface area contributed by atoms with Crippen LogP contribution in [-0.4, -0.2) is 21.8 Å². The van der Waals surface area contributed by atoms with E-state index in [4.69, 9.17) is 9.29 Å². The highest BCUT2D eigenvalue weighted by Gasteiger charge is 2.10. The quantitative estimate of drug-likeness (QED) is 0.851. The first-order valence-corrected chi connectivity index (χ1v) is 6.97. The SMILES string of the molecule is COc1cc(NC(=O)c2cccc(S(=O)O)c2)ccc1F. The molecule has 0 aliphatic rings. The highest BCUT2D eigenvalue weighted by atomic mass is 32.2. The molecule has 2 rings (SSSR count). The average molecular weight is 309 g/mol. The van der Waals surface area contributed by atoms with E-state index in [0.29, 0.717) is 5.69 Å². The minimum absolute atomic E-state index is 0.0120. The van der Waals surface area contributed by atoms with E-state index in [2.05, 4.69) is 5.32 Å². The number of hydrogen-bond donors (Lipinski definition) is 2. The van der Waals surface area contributed by atoms with Crippen molar-refractivity contribution in [3.63, 3.8) is 0 Å². The van der Waals surface area contributed by atoms with Gasteiger partial charge in [-0.3, -0.25) is 4.79 Å². The summed E-state index contributed by atoms with van der Waals surface area (Å²) in [5.74, 6) is -0.998. The second-order valence-corrected chi connectivity index (χ2v) is 5.05. The number of hydrogen-bond acceptors (Lipinski definition) is 3. The van der Waals surface area contributed by atoms with Crippen LogP contribution in [0.3, 0.4) is 0 Å². The number of halogens is 1. The van der Waals surface area contributed by atoms with Gasteiger partial charge in [-0.25, -0.2) is 8.60 Å². The van der Waals surface area contributed by atoms with Crippen molar-refractivity contribution in [2.75, 3.05) is 12.4 Å². The molecule has 5 nitrogen and oxygen atoms in total. The van der Waals surface area contributed by atoms with Crippen LogP contribution in [0.2, 0.25) is 0 Å². The summed E-state index contributed by atoms with van der Waals surface area (Å²) in [5, 5.41) is 2.56. The summed E-state index contributed by atoms with van der Waals surface area (Å²) in [6.07, 6.45) is 0. The molecule has 0 saturated carbocycles. The summed E-state index contributed by atoms with van der Waals surface area (Å²) in [4.78, 5) is 12.2. The lowest BCUT2D eigenvalue weighted by atomic mass is 10.2. The summed E-state index contributed by atoms with van der Waals surface area (Å²) in [6, 6.07) is 9.68.